The molecule has 0 saturated heterocycles. The van der Waals surface area contributed by atoms with Crippen LogP contribution >= 0.6 is 46.9 Å². The monoisotopic (exact) mass is 280 g/mol. The van der Waals surface area contributed by atoms with Crippen LogP contribution in [0.2, 0.25) is 4.34 Å². The molecular formula is C10H13ClOS3. The Balaban J connectivity index is 2.16. The third-order valence-corrected chi connectivity index (χ3v) is 4.37. The highest BCUT2D eigenvalue weighted by Gasteiger charge is 2.02. The van der Waals surface area contributed by atoms with Gasteiger partial charge in [-0.2, -0.15) is 0 Å². The fourth-order valence-corrected chi connectivity index (χ4v) is 2.98. The molecule has 0 aliphatic rings. The summed E-state index contributed by atoms with van der Waals surface area (Å²) >= 11 is 14.1. The largest absolute Gasteiger partial charge is 0.479 e. The van der Waals surface area contributed by atoms with Gasteiger partial charge in [0.15, 0.2) is 0 Å². The van der Waals surface area contributed by atoms with E-state index in [4.69, 9.17) is 28.6 Å². The van der Waals surface area contributed by atoms with E-state index >= 15 is 0 Å². The van der Waals surface area contributed by atoms with Gasteiger partial charge in [-0.05, 0) is 30.8 Å². The van der Waals surface area contributed by atoms with Crippen molar-refractivity contribution in [1.82, 2.24) is 0 Å². The van der Waals surface area contributed by atoms with Gasteiger partial charge in [-0.15, -0.1) is 11.3 Å². The molecule has 0 unspecified atom stereocenters. The molecule has 1 aromatic heterocycles. The maximum Gasteiger partial charge on any atom is 0.220 e. The molecule has 0 atom stereocenters. The number of hydrogen-bond acceptors (Lipinski definition) is 4. The van der Waals surface area contributed by atoms with Crippen molar-refractivity contribution in [1.29, 1.82) is 0 Å². The fourth-order valence-electron chi connectivity index (χ4n) is 0.901. The number of thiocarbonyl (C=S) groups is 1. The molecule has 1 rings (SSSR count). The SMILES string of the molecule is CCCCOC(=S)SCc1ccc(Cl)s1. The highest BCUT2D eigenvalue weighted by molar-refractivity contribution is 8.22. The zero-order valence-corrected chi connectivity index (χ0v) is 11.7. The molecule has 1 nitrogen and oxygen atoms in total. The van der Waals surface area contributed by atoms with E-state index in [1.54, 1.807) is 23.1 Å². The molecule has 0 aromatic carbocycles. The standard InChI is InChI=1S/C10H13ClOS3/c1-2-3-6-12-10(13)14-7-8-4-5-9(11)15-8/h4-5H,2-3,6-7H2,1H3. The predicted octanol–water partition coefficient (Wildman–Crippen LogP) is 4.74. The molecule has 1 heterocycles. The maximum atomic E-state index is 5.82. The lowest BCUT2D eigenvalue weighted by Gasteiger charge is -2.04. The van der Waals surface area contributed by atoms with Gasteiger partial charge in [-0.1, -0.05) is 36.7 Å². The van der Waals surface area contributed by atoms with Crippen LogP contribution < -0.4 is 0 Å². The van der Waals surface area contributed by atoms with Crippen LogP contribution in [-0.2, 0) is 10.5 Å². The van der Waals surface area contributed by atoms with Crippen molar-refractivity contribution in [3.8, 4) is 0 Å². The second-order valence-electron chi connectivity index (χ2n) is 2.95. The van der Waals surface area contributed by atoms with Gasteiger partial charge in [0.1, 0.15) is 0 Å². The van der Waals surface area contributed by atoms with E-state index in [2.05, 4.69) is 6.92 Å². The summed E-state index contributed by atoms with van der Waals surface area (Å²) in [6, 6.07) is 3.93. The van der Waals surface area contributed by atoms with E-state index in [9.17, 15) is 0 Å². The van der Waals surface area contributed by atoms with Crippen LogP contribution in [0, 0.1) is 0 Å². The molecule has 0 amide bonds. The zero-order chi connectivity index (χ0) is 11.1. The molecule has 0 aliphatic heterocycles. The first kappa shape index (κ1) is 13.3. The molecule has 5 heteroatoms. The van der Waals surface area contributed by atoms with E-state index < -0.39 is 0 Å². The summed E-state index contributed by atoms with van der Waals surface area (Å²) in [6.45, 7) is 2.86. The molecule has 0 spiro atoms. The Morgan fingerprint density at radius 3 is 3.00 bits per heavy atom. The average Bonchev–Trinajstić information content (AvgIpc) is 2.62. The quantitative estimate of drug-likeness (QED) is 0.570. The summed E-state index contributed by atoms with van der Waals surface area (Å²) in [7, 11) is 0. The summed E-state index contributed by atoms with van der Waals surface area (Å²) in [6.07, 6.45) is 2.19. The van der Waals surface area contributed by atoms with Gasteiger partial charge >= 0.3 is 0 Å². The average molecular weight is 281 g/mol. The van der Waals surface area contributed by atoms with Crippen molar-refractivity contribution >= 4 is 51.3 Å². The summed E-state index contributed by atoms with van der Waals surface area (Å²) in [5, 5.41) is 0. The molecule has 0 N–H and O–H groups in total. The minimum atomic E-state index is 0.632. The Kier molecular flexibility index (Phi) is 6.64. The summed E-state index contributed by atoms with van der Waals surface area (Å²) < 4.78 is 6.83. The van der Waals surface area contributed by atoms with Crippen LogP contribution in [0.25, 0.3) is 0 Å². The van der Waals surface area contributed by atoms with Crippen molar-refractivity contribution in [2.45, 2.75) is 25.5 Å². The number of unbranched alkanes of at least 4 members (excludes halogenated alkanes) is 1. The predicted molar refractivity (Wildman–Crippen MR) is 74.1 cm³/mol. The lowest BCUT2D eigenvalue weighted by molar-refractivity contribution is 0.313. The molecule has 0 aliphatic carbocycles. The smallest absolute Gasteiger partial charge is 0.220 e. The third kappa shape index (κ3) is 5.76. The van der Waals surface area contributed by atoms with Crippen LogP contribution in [-0.4, -0.2) is 11.0 Å². The summed E-state index contributed by atoms with van der Waals surface area (Å²) in [4.78, 5) is 1.23. The van der Waals surface area contributed by atoms with E-state index in [0.29, 0.717) is 4.38 Å². The van der Waals surface area contributed by atoms with Gasteiger partial charge < -0.3 is 4.74 Å². The molecular weight excluding hydrogens is 268 g/mol. The summed E-state index contributed by atoms with van der Waals surface area (Å²) in [5.41, 5.74) is 0. The molecule has 0 saturated carbocycles. The Morgan fingerprint density at radius 1 is 1.60 bits per heavy atom. The van der Waals surface area contributed by atoms with Gasteiger partial charge in [0.2, 0.25) is 4.38 Å². The van der Waals surface area contributed by atoms with Crippen LogP contribution in [0.3, 0.4) is 0 Å². The lowest BCUT2D eigenvalue weighted by Crippen LogP contribution is -1.98. The first-order valence-corrected chi connectivity index (χ1v) is 7.35. The van der Waals surface area contributed by atoms with E-state index in [1.807, 2.05) is 12.1 Å². The van der Waals surface area contributed by atoms with Crippen LogP contribution in [0.15, 0.2) is 12.1 Å². The minimum absolute atomic E-state index is 0.632. The topological polar surface area (TPSA) is 9.23 Å². The van der Waals surface area contributed by atoms with Crippen LogP contribution in [0.5, 0.6) is 0 Å². The Morgan fingerprint density at radius 2 is 2.40 bits per heavy atom. The third-order valence-electron chi connectivity index (χ3n) is 1.68. The second kappa shape index (κ2) is 7.49. The molecule has 84 valence electrons. The van der Waals surface area contributed by atoms with Gasteiger partial charge in [0, 0.05) is 10.6 Å². The summed E-state index contributed by atoms with van der Waals surface area (Å²) in [5.74, 6) is 0.850. The Hall–Kier alpha value is 0.230. The van der Waals surface area contributed by atoms with Gasteiger partial charge in [0.05, 0.1) is 10.9 Å². The highest BCUT2D eigenvalue weighted by Crippen LogP contribution is 2.25. The van der Waals surface area contributed by atoms with E-state index in [0.717, 1.165) is 29.5 Å². The highest BCUT2D eigenvalue weighted by atomic mass is 35.5. The number of halogens is 1. The molecule has 1 aromatic rings. The van der Waals surface area contributed by atoms with E-state index in [1.165, 1.54) is 4.88 Å². The van der Waals surface area contributed by atoms with Crippen molar-refractivity contribution in [3.63, 3.8) is 0 Å². The zero-order valence-electron chi connectivity index (χ0n) is 8.49. The Labute approximate surface area is 109 Å². The molecule has 0 fully saturated rings. The maximum absolute atomic E-state index is 5.82. The molecule has 0 bridgehead atoms. The van der Waals surface area contributed by atoms with Gasteiger partial charge in [-0.3, -0.25) is 0 Å². The van der Waals surface area contributed by atoms with Gasteiger partial charge in [0.25, 0.3) is 0 Å². The van der Waals surface area contributed by atoms with Crippen molar-refractivity contribution in [3.05, 3.63) is 21.3 Å². The fraction of sp³-hybridized carbons (Fsp3) is 0.500. The lowest BCUT2D eigenvalue weighted by atomic mass is 10.4. The van der Waals surface area contributed by atoms with Gasteiger partial charge in [-0.25, -0.2) is 0 Å². The first-order valence-electron chi connectivity index (χ1n) is 4.76. The number of thiophene rings is 1. The molecule has 15 heavy (non-hydrogen) atoms. The van der Waals surface area contributed by atoms with Crippen LogP contribution in [0.4, 0.5) is 0 Å². The second-order valence-corrected chi connectivity index (χ2v) is 6.32. The Bertz CT molecular complexity index is 311. The van der Waals surface area contributed by atoms with Crippen LogP contribution in [0.1, 0.15) is 24.6 Å². The first-order chi connectivity index (χ1) is 7.22. The van der Waals surface area contributed by atoms with Crippen molar-refractivity contribution in [2.24, 2.45) is 0 Å². The van der Waals surface area contributed by atoms with E-state index in [-0.39, 0.29) is 0 Å². The number of rotatable bonds is 5. The van der Waals surface area contributed by atoms with Crippen molar-refractivity contribution < 1.29 is 4.74 Å². The number of hydrogen-bond donors (Lipinski definition) is 0. The van der Waals surface area contributed by atoms with Crippen molar-refractivity contribution in [2.75, 3.05) is 6.61 Å². The molecule has 0 radical (unpaired) electrons. The normalized spacial score (nSPS) is 10.3. The number of thioether (sulfide) groups is 1. The minimum Gasteiger partial charge on any atom is -0.479 e. The number of ether oxygens (including phenoxy) is 1.